The van der Waals surface area contributed by atoms with E-state index in [1.165, 1.54) is 11.3 Å². The summed E-state index contributed by atoms with van der Waals surface area (Å²) in [5.41, 5.74) is 3.98. The van der Waals surface area contributed by atoms with Gasteiger partial charge < -0.3 is 15.5 Å². The Morgan fingerprint density at radius 3 is 2.43 bits per heavy atom. The van der Waals surface area contributed by atoms with Crippen molar-refractivity contribution in [2.75, 3.05) is 11.4 Å². The van der Waals surface area contributed by atoms with E-state index < -0.39 is 5.97 Å². The van der Waals surface area contributed by atoms with Gasteiger partial charge in [-0.3, -0.25) is 0 Å². The van der Waals surface area contributed by atoms with Crippen LogP contribution in [0.25, 0.3) is 0 Å². The minimum absolute atomic E-state index is 0. The summed E-state index contributed by atoms with van der Waals surface area (Å²) in [4.78, 5) is 13.3. The number of carboxylic acid groups (broad SMARTS) is 1. The van der Waals surface area contributed by atoms with E-state index in [0.29, 0.717) is 5.56 Å². The first-order valence-corrected chi connectivity index (χ1v) is 6.39. The fourth-order valence-corrected chi connectivity index (χ4v) is 2.55. The van der Waals surface area contributed by atoms with Crippen molar-refractivity contribution in [3.8, 4) is 0 Å². The molecule has 0 aliphatic carbocycles. The summed E-state index contributed by atoms with van der Waals surface area (Å²) in [6, 6.07) is 15.7. The number of hydrogen-bond acceptors (Lipinski definition) is 3. The summed E-state index contributed by atoms with van der Waals surface area (Å²) < 4.78 is 0. The van der Waals surface area contributed by atoms with Gasteiger partial charge in [0.05, 0.1) is 5.56 Å². The molecule has 3 rings (SSSR count). The monoisotopic (exact) mass is 293 g/mol. The summed E-state index contributed by atoms with van der Waals surface area (Å²) in [5, 5.41) is 9.01. The summed E-state index contributed by atoms with van der Waals surface area (Å²) >= 11 is 0. The number of aromatic carboxylic acids is 1. The van der Waals surface area contributed by atoms with E-state index in [4.69, 9.17) is 5.11 Å². The van der Waals surface area contributed by atoms with Crippen molar-refractivity contribution in [1.29, 1.82) is 0 Å². The Bertz CT molecular complexity index is 616. The average molecular weight is 293 g/mol. The van der Waals surface area contributed by atoms with Crippen LogP contribution >= 0.6 is 0 Å². The van der Waals surface area contributed by atoms with Crippen molar-refractivity contribution < 1.29 is 44.9 Å². The van der Waals surface area contributed by atoms with Crippen LogP contribution in [0.15, 0.2) is 48.5 Å². The summed E-state index contributed by atoms with van der Waals surface area (Å²) in [6.07, 6.45) is 0.894. The minimum Gasteiger partial charge on any atom is -0.870 e. The van der Waals surface area contributed by atoms with Crippen LogP contribution in [0.2, 0.25) is 0 Å². The van der Waals surface area contributed by atoms with Gasteiger partial charge in [0, 0.05) is 18.8 Å². The molecule has 104 valence electrons. The van der Waals surface area contributed by atoms with Crippen LogP contribution in [-0.4, -0.2) is 23.1 Å². The number of para-hydroxylation sites is 1. The van der Waals surface area contributed by atoms with E-state index in [-0.39, 0.29) is 35.0 Å². The fraction of sp³-hybridized carbons (Fsp3) is 0.188. The molecule has 2 N–H and O–H groups in total. The van der Waals surface area contributed by atoms with Gasteiger partial charge in [-0.2, -0.15) is 0 Å². The molecule has 4 nitrogen and oxygen atoms in total. The molecular weight excluding hydrogens is 277 g/mol. The van der Waals surface area contributed by atoms with Crippen molar-refractivity contribution in [2.45, 2.75) is 13.0 Å². The number of nitrogens with zero attached hydrogens (tertiary/aromatic N) is 1. The Balaban J connectivity index is 0.00000110. The van der Waals surface area contributed by atoms with E-state index in [2.05, 4.69) is 17.0 Å². The molecule has 0 unspecified atom stereocenters. The Morgan fingerprint density at radius 1 is 1.05 bits per heavy atom. The Kier molecular flexibility index (Phi) is 6.42. The molecule has 0 atom stereocenters. The van der Waals surface area contributed by atoms with Gasteiger partial charge in [-0.15, -0.1) is 0 Å². The molecule has 0 amide bonds. The third-order valence-corrected chi connectivity index (χ3v) is 3.59. The van der Waals surface area contributed by atoms with Crippen LogP contribution in [0.3, 0.4) is 0 Å². The van der Waals surface area contributed by atoms with E-state index in [1.54, 1.807) is 12.1 Å². The predicted molar refractivity (Wildman–Crippen MR) is 76.5 cm³/mol. The Morgan fingerprint density at radius 2 is 1.76 bits per heavy atom. The van der Waals surface area contributed by atoms with E-state index in [9.17, 15) is 4.79 Å². The number of hydrogen-bond donors (Lipinski definition) is 1. The Labute approximate surface area is 146 Å². The largest absolute Gasteiger partial charge is 1.00 e. The average Bonchev–Trinajstić information content (AvgIpc) is 2.47. The second-order valence-corrected chi connectivity index (χ2v) is 4.80. The van der Waals surface area contributed by atoms with Crippen LogP contribution in [0.4, 0.5) is 5.69 Å². The molecule has 2 aromatic carbocycles. The molecule has 0 radical (unpaired) electrons. The smallest absolute Gasteiger partial charge is 0.870 e. The number of carboxylic acids is 1. The van der Waals surface area contributed by atoms with Crippen molar-refractivity contribution in [1.82, 2.24) is 0 Å². The van der Waals surface area contributed by atoms with Crippen LogP contribution in [-0.2, 0) is 13.0 Å². The van der Waals surface area contributed by atoms with E-state index in [0.717, 1.165) is 25.1 Å². The number of rotatable bonds is 2. The number of fused-ring (bicyclic) bond motifs is 1. The third-order valence-electron chi connectivity index (χ3n) is 3.59. The molecule has 1 heterocycles. The molecule has 0 aromatic heterocycles. The van der Waals surface area contributed by atoms with Crippen molar-refractivity contribution >= 4 is 11.7 Å². The quantitative estimate of drug-likeness (QED) is 0.777. The predicted octanol–water partition coefficient (Wildman–Crippen LogP) is -0.225. The van der Waals surface area contributed by atoms with Crippen molar-refractivity contribution in [2.24, 2.45) is 0 Å². The molecule has 0 spiro atoms. The number of benzene rings is 2. The topological polar surface area (TPSA) is 70.5 Å². The van der Waals surface area contributed by atoms with Crippen molar-refractivity contribution in [3.05, 3.63) is 65.2 Å². The summed E-state index contributed by atoms with van der Waals surface area (Å²) in [5.74, 6) is -0.853. The second-order valence-electron chi connectivity index (χ2n) is 4.80. The van der Waals surface area contributed by atoms with Crippen molar-refractivity contribution in [3.63, 3.8) is 0 Å². The second kappa shape index (κ2) is 7.61. The maximum atomic E-state index is 11.0. The van der Waals surface area contributed by atoms with Crippen LogP contribution in [0.1, 0.15) is 21.5 Å². The zero-order valence-corrected chi connectivity index (χ0v) is 14.0. The van der Waals surface area contributed by atoms with E-state index >= 15 is 0 Å². The Hall–Kier alpha value is -1.33. The number of anilines is 1. The molecule has 1 aliphatic heterocycles. The molecule has 21 heavy (non-hydrogen) atoms. The summed E-state index contributed by atoms with van der Waals surface area (Å²) in [7, 11) is 0. The SMILES string of the molecule is O=C(O)c1ccc2c(c1)CCN(c1ccccc1)C2.[Na+].[OH-]. The first kappa shape index (κ1) is 17.7. The van der Waals surface area contributed by atoms with Crippen LogP contribution in [0, 0.1) is 0 Å². The van der Waals surface area contributed by atoms with Gasteiger partial charge in [-0.1, -0.05) is 24.3 Å². The molecule has 5 heteroatoms. The molecule has 2 aromatic rings. The van der Waals surface area contributed by atoms with Gasteiger partial charge in [-0.05, 0) is 41.8 Å². The van der Waals surface area contributed by atoms with E-state index in [1.807, 2.05) is 24.3 Å². The normalized spacial score (nSPS) is 12.7. The van der Waals surface area contributed by atoms with Gasteiger partial charge >= 0.3 is 35.5 Å². The zero-order valence-electron chi connectivity index (χ0n) is 12.0. The van der Waals surface area contributed by atoms with Crippen LogP contribution in [0.5, 0.6) is 0 Å². The summed E-state index contributed by atoms with van der Waals surface area (Å²) in [6.45, 7) is 1.78. The van der Waals surface area contributed by atoms with Gasteiger partial charge in [0.2, 0.25) is 0 Å². The fourth-order valence-electron chi connectivity index (χ4n) is 2.55. The zero-order chi connectivity index (χ0) is 13.2. The maximum Gasteiger partial charge on any atom is 1.00 e. The first-order chi connectivity index (χ1) is 9.24. The minimum atomic E-state index is -0.853. The molecule has 0 saturated heterocycles. The molecule has 0 fully saturated rings. The third kappa shape index (κ3) is 3.86. The molecule has 0 saturated carbocycles. The molecule has 0 bridgehead atoms. The maximum absolute atomic E-state index is 11.0. The molecular formula is C16H16NNaO3. The first-order valence-electron chi connectivity index (χ1n) is 6.39. The van der Waals surface area contributed by atoms with Gasteiger partial charge in [0.1, 0.15) is 0 Å². The number of carbonyl (C=O) groups is 1. The molecule has 1 aliphatic rings. The standard InChI is InChI=1S/C16H15NO2.Na.H2O/c18-16(19)13-6-7-14-11-17(9-8-12(14)10-13)15-4-2-1-3-5-15;;/h1-7,10H,8-9,11H2,(H,18,19);;1H2/q;+1;/p-1. The van der Waals surface area contributed by atoms with Crippen LogP contribution < -0.4 is 34.5 Å². The van der Waals surface area contributed by atoms with Gasteiger partial charge in [0.15, 0.2) is 0 Å². The van der Waals surface area contributed by atoms with Gasteiger partial charge in [-0.25, -0.2) is 4.79 Å². The van der Waals surface area contributed by atoms with Gasteiger partial charge in [0.25, 0.3) is 0 Å².